The molecule has 3 rings (SSSR count). The average molecular weight is 517 g/mol. The summed E-state index contributed by atoms with van der Waals surface area (Å²) in [6, 6.07) is 13.5. The van der Waals surface area contributed by atoms with Crippen LogP contribution in [-0.4, -0.2) is 25.0 Å². The van der Waals surface area contributed by atoms with Crippen molar-refractivity contribution in [3.8, 4) is 0 Å². The van der Waals surface area contributed by atoms with Crippen LogP contribution >= 0.6 is 23.2 Å². The number of carbonyl (C=O) groups is 2. The first kappa shape index (κ1) is 26.4. The van der Waals surface area contributed by atoms with Gasteiger partial charge in [0.1, 0.15) is 5.76 Å². The summed E-state index contributed by atoms with van der Waals surface area (Å²) in [5.41, 5.74) is 2.24. The summed E-state index contributed by atoms with van der Waals surface area (Å²) in [7, 11) is 0. The fraction of sp³-hybridized carbons (Fsp3) is 0.308. The van der Waals surface area contributed by atoms with Crippen molar-refractivity contribution in [1.82, 2.24) is 5.32 Å². The predicted octanol–water partition coefficient (Wildman–Crippen LogP) is 7.18. The molecule has 3 amide bonds. The van der Waals surface area contributed by atoms with Gasteiger partial charge in [0.05, 0.1) is 34.1 Å². The zero-order valence-corrected chi connectivity index (χ0v) is 21.4. The monoisotopic (exact) mass is 516 g/mol. The van der Waals surface area contributed by atoms with Gasteiger partial charge < -0.3 is 25.3 Å². The Morgan fingerprint density at radius 2 is 1.69 bits per heavy atom. The molecular weight excluding hydrogens is 487 g/mol. The second kappa shape index (κ2) is 13.1. The Morgan fingerprint density at radius 3 is 2.34 bits per heavy atom. The van der Waals surface area contributed by atoms with E-state index >= 15 is 0 Å². The number of hydrogen-bond donors (Lipinski definition) is 3. The van der Waals surface area contributed by atoms with Gasteiger partial charge in [0, 0.05) is 24.5 Å². The Bertz CT molecular complexity index is 1140. The molecule has 0 atom stereocenters. The Balaban J connectivity index is 1.85. The smallest absolute Gasteiger partial charge is 0.323 e. The summed E-state index contributed by atoms with van der Waals surface area (Å²) >= 11 is 12.0. The predicted molar refractivity (Wildman–Crippen MR) is 143 cm³/mol. The molecule has 2 aromatic carbocycles. The van der Waals surface area contributed by atoms with Crippen LogP contribution in [-0.2, 0) is 6.54 Å². The minimum Gasteiger partial charge on any atom is -0.467 e. The van der Waals surface area contributed by atoms with Crippen LogP contribution in [0.1, 0.15) is 49.2 Å². The van der Waals surface area contributed by atoms with Crippen molar-refractivity contribution < 1.29 is 14.0 Å². The van der Waals surface area contributed by atoms with E-state index in [-0.39, 0.29) is 5.91 Å². The van der Waals surface area contributed by atoms with Gasteiger partial charge in [-0.15, -0.1) is 0 Å². The van der Waals surface area contributed by atoms with E-state index in [9.17, 15) is 9.59 Å². The van der Waals surface area contributed by atoms with Gasteiger partial charge in [-0.2, -0.15) is 0 Å². The van der Waals surface area contributed by atoms with Crippen molar-refractivity contribution in [2.75, 3.05) is 28.6 Å². The van der Waals surface area contributed by atoms with Crippen molar-refractivity contribution in [1.29, 1.82) is 0 Å². The lowest BCUT2D eigenvalue weighted by Gasteiger charge is -2.26. The number of carbonyl (C=O) groups excluding carboxylic acids is 2. The summed E-state index contributed by atoms with van der Waals surface area (Å²) in [5.74, 6) is 0.612. The number of unbranched alkanes of at least 4 members (excludes halogenated alkanes) is 1. The van der Waals surface area contributed by atoms with Gasteiger partial charge >= 0.3 is 6.03 Å². The topological polar surface area (TPSA) is 86.6 Å². The molecule has 9 heteroatoms. The van der Waals surface area contributed by atoms with E-state index in [0.717, 1.165) is 37.3 Å². The van der Waals surface area contributed by atoms with E-state index in [1.165, 1.54) is 0 Å². The molecule has 0 aliphatic rings. The standard InChI is InChI=1S/C26H30Cl2N4O3/c1-3-5-13-32(17-20-7-6-14-35-20)24-11-9-18(15-21(24)25(33)29-12-4-2)30-26(34)31-19-8-10-22(27)23(28)16-19/h6-11,14-16H,3-5,12-13,17H2,1-2H3,(H,29,33)(H2,30,31,34). The molecule has 0 bridgehead atoms. The van der Waals surface area contributed by atoms with Gasteiger partial charge in [-0.3, -0.25) is 4.79 Å². The molecule has 3 N–H and O–H groups in total. The zero-order chi connectivity index (χ0) is 25.2. The molecule has 7 nitrogen and oxygen atoms in total. The van der Waals surface area contributed by atoms with Gasteiger partial charge in [0.2, 0.25) is 0 Å². The van der Waals surface area contributed by atoms with Crippen LogP contribution in [0.5, 0.6) is 0 Å². The van der Waals surface area contributed by atoms with E-state index in [4.69, 9.17) is 27.6 Å². The molecule has 0 radical (unpaired) electrons. The Hall–Kier alpha value is -3.16. The first-order valence-electron chi connectivity index (χ1n) is 11.6. The molecule has 0 aliphatic heterocycles. The molecular formula is C26H30Cl2N4O3. The Morgan fingerprint density at radius 1 is 0.943 bits per heavy atom. The third kappa shape index (κ3) is 7.67. The quantitative estimate of drug-likeness (QED) is 0.252. The fourth-order valence-electron chi connectivity index (χ4n) is 3.50. The number of anilines is 3. The largest absolute Gasteiger partial charge is 0.467 e. The molecule has 35 heavy (non-hydrogen) atoms. The SMILES string of the molecule is CCCCN(Cc1ccco1)c1ccc(NC(=O)Nc2ccc(Cl)c(Cl)c2)cc1C(=O)NCCC. The second-order valence-electron chi connectivity index (χ2n) is 8.05. The minimum absolute atomic E-state index is 0.198. The van der Waals surface area contributed by atoms with E-state index < -0.39 is 6.03 Å². The Labute approximate surface area is 215 Å². The van der Waals surface area contributed by atoms with Gasteiger partial charge in [-0.25, -0.2) is 4.79 Å². The van der Waals surface area contributed by atoms with E-state index in [0.29, 0.717) is 40.1 Å². The van der Waals surface area contributed by atoms with Crippen LogP contribution in [0.3, 0.4) is 0 Å². The molecule has 3 aromatic rings. The van der Waals surface area contributed by atoms with Crippen LogP contribution in [0.25, 0.3) is 0 Å². The first-order chi connectivity index (χ1) is 16.9. The molecule has 0 saturated carbocycles. The molecule has 186 valence electrons. The maximum absolute atomic E-state index is 13.1. The van der Waals surface area contributed by atoms with Crippen molar-refractivity contribution >= 4 is 52.2 Å². The molecule has 1 aromatic heterocycles. The molecule has 0 spiro atoms. The highest BCUT2D eigenvalue weighted by atomic mass is 35.5. The van der Waals surface area contributed by atoms with Crippen LogP contribution < -0.4 is 20.9 Å². The van der Waals surface area contributed by atoms with E-state index in [1.807, 2.05) is 25.1 Å². The lowest BCUT2D eigenvalue weighted by Crippen LogP contribution is -2.30. The third-order valence-electron chi connectivity index (χ3n) is 5.26. The lowest BCUT2D eigenvalue weighted by molar-refractivity contribution is 0.0954. The number of rotatable bonds is 11. The van der Waals surface area contributed by atoms with Crippen molar-refractivity contribution in [3.63, 3.8) is 0 Å². The summed E-state index contributed by atoms with van der Waals surface area (Å²) in [5, 5.41) is 9.19. The summed E-state index contributed by atoms with van der Waals surface area (Å²) in [6.07, 6.45) is 4.43. The number of amides is 3. The lowest BCUT2D eigenvalue weighted by atomic mass is 10.1. The molecule has 1 heterocycles. The van der Waals surface area contributed by atoms with Crippen molar-refractivity contribution in [2.45, 2.75) is 39.7 Å². The fourth-order valence-corrected chi connectivity index (χ4v) is 3.79. The highest BCUT2D eigenvalue weighted by Crippen LogP contribution is 2.28. The molecule has 0 unspecified atom stereocenters. The van der Waals surface area contributed by atoms with Crippen LogP contribution in [0.15, 0.2) is 59.2 Å². The van der Waals surface area contributed by atoms with Crippen LogP contribution in [0.2, 0.25) is 10.0 Å². The second-order valence-corrected chi connectivity index (χ2v) is 8.86. The van der Waals surface area contributed by atoms with Crippen LogP contribution in [0, 0.1) is 0 Å². The number of benzene rings is 2. The Kier molecular flexibility index (Phi) is 9.87. The van der Waals surface area contributed by atoms with Crippen molar-refractivity contribution in [2.24, 2.45) is 0 Å². The van der Waals surface area contributed by atoms with Crippen LogP contribution in [0.4, 0.5) is 21.9 Å². The number of urea groups is 1. The van der Waals surface area contributed by atoms with Gasteiger partial charge in [-0.1, -0.05) is 43.5 Å². The number of hydrogen-bond acceptors (Lipinski definition) is 4. The normalized spacial score (nSPS) is 10.6. The van der Waals surface area contributed by atoms with Crippen molar-refractivity contribution in [3.05, 3.63) is 76.2 Å². The summed E-state index contributed by atoms with van der Waals surface area (Å²) in [6.45, 7) is 5.97. The van der Waals surface area contributed by atoms with Gasteiger partial charge in [0.15, 0.2) is 0 Å². The van der Waals surface area contributed by atoms with E-state index in [2.05, 4.69) is 27.8 Å². The number of nitrogens with one attached hydrogen (secondary N) is 3. The van der Waals surface area contributed by atoms with Gasteiger partial charge in [-0.05, 0) is 61.4 Å². The zero-order valence-electron chi connectivity index (χ0n) is 19.9. The summed E-state index contributed by atoms with van der Waals surface area (Å²) in [4.78, 5) is 27.8. The highest BCUT2D eigenvalue weighted by molar-refractivity contribution is 6.42. The third-order valence-corrected chi connectivity index (χ3v) is 6.00. The average Bonchev–Trinajstić information content (AvgIpc) is 3.35. The number of nitrogens with zero attached hydrogens (tertiary/aromatic N) is 1. The molecule has 0 fully saturated rings. The number of furan rings is 1. The van der Waals surface area contributed by atoms with E-state index in [1.54, 1.807) is 36.6 Å². The molecule has 0 saturated heterocycles. The van der Waals surface area contributed by atoms with Gasteiger partial charge in [0.25, 0.3) is 5.91 Å². The first-order valence-corrected chi connectivity index (χ1v) is 12.4. The number of halogens is 2. The molecule has 0 aliphatic carbocycles. The summed E-state index contributed by atoms with van der Waals surface area (Å²) < 4.78 is 5.55. The minimum atomic E-state index is -0.463. The maximum Gasteiger partial charge on any atom is 0.323 e. The highest BCUT2D eigenvalue weighted by Gasteiger charge is 2.19. The maximum atomic E-state index is 13.1.